The zero-order valence-corrected chi connectivity index (χ0v) is 9.00. The van der Waals surface area contributed by atoms with Gasteiger partial charge in [-0.3, -0.25) is 0 Å². The van der Waals surface area contributed by atoms with Crippen LogP contribution in [0.3, 0.4) is 0 Å². The summed E-state index contributed by atoms with van der Waals surface area (Å²) in [5.74, 6) is 2.83. The van der Waals surface area contributed by atoms with E-state index >= 15 is 0 Å². The number of hydrogen-bond acceptors (Lipinski definition) is 2. The maximum Gasteiger partial charge on any atom is 0.00553 e. The Labute approximate surface area is 75.3 Å². The molecule has 0 bridgehead atoms. The number of thioether (sulfide) groups is 1. The van der Waals surface area contributed by atoms with Crippen LogP contribution in [0, 0.1) is 11.8 Å². The van der Waals surface area contributed by atoms with E-state index in [1.807, 2.05) is 11.8 Å². The van der Waals surface area contributed by atoms with Crippen LogP contribution in [0.15, 0.2) is 0 Å². The molecular weight excluding hydrogens is 154 g/mol. The topological polar surface area (TPSA) is 12.0 Å². The van der Waals surface area contributed by atoms with E-state index in [-0.39, 0.29) is 0 Å². The van der Waals surface area contributed by atoms with Crippen molar-refractivity contribution in [2.75, 3.05) is 25.1 Å². The average Bonchev–Trinajstić information content (AvgIpc) is 1.97. The molecule has 0 aromatic rings. The Morgan fingerprint density at radius 2 is 1.91 bits per heavy atom. The normalized spacial score (nSPS) is 13.9. The SMILES string of the molecule is CSCCNCC(C)C(C)C. The van der Waals surface area contributed by atoms with Crippen molar-refractivity contribution < 1.29 is 0 Å². The molecule has 0 radical (unpaired) electrons. The first-order chi connectivity index (χ1) is 5.18. The van der Waals surface area contributed by atoms with Crippen LogP contribution in [0.25, 0.3) is 0 Å². The lowest BCUT2D eigenvalue weighted by Crippen LogP contribution is -2.25. The lowest BCUT2D eigenvalue weighted by molar-refractivity contribution is 0.398. The molecule has 0 aliphatic carbocycles. The summed E-state index contributed by atoms with van der Waals surface area (Å²) < 4.78 is 0. The van der Waals surface area contributed by atoms with Crippen LogP contribution in [0.5, 0.6) is 0 Å². The molecule has 1 N–H and O–H groups in total. The van der Waals surface area contributed by atoms with Crippen molar-refractivity contribution in [1.82, 2.24) is 5.32 Å². The standard InChI is InChI=1S/C9H21NS/c1-8(2)9(3)7-10-5-6-11-4/h8-10H,5-7H2,1-4H3. The third-order valence-corrected chi connectivity index (χ3v) is 2.70. The summed E-state index contributed by atoms with van der Waals surface area (Å²) in [5.41, 5.74) is 0. The highest BCUT2D eigenvalue weighted by Crippen LogP contribution is 2.07. The van der Waals surface area contributed by atoms with Crippen molar-refractivity contribution in [2.24, 2.45) is 11.8 Å². The number of rotatable bonds is 6. The highest BCUT2D eigenvalue weighted by atomic mass is 32.2. The van der Waals surface area contributed by atoms with Crippen molar-refractivity contribution in [3.8, 4) is 0 Å². The van der Waals surface area contributed by atoms with Gasteiger partial charge in [-0.25, -0.2) is 0 Å². The van der Waals surface area contributed by atoms with Crippen LogP contribution >= 0.6 is 11.8 Å². The summed E-state index contributed by atoms with van der Waals surface area (Å²) in [7, 11) is 0. The van der Waals surface area contributed by atoms with Crippen LogP contribution in [-0.4, -0.2) is 25.1 Å². The summed E-state index contributed by atoms with van der Waals surface area (Å²) in [6.07, 6.45) is 2.15. The fraction of sp³-hybridized carbons (Fsp3) is 1.00. The molecule has 0 spiro atoms. The van der Waals surface area contributed by atoms with Gasteiger partial charge in [-0.15, -0.1) is 0 Å². The molecule has 0 saturated carbocycles. The molecule has 0 fully saturated rings. The van der Waals surface area contributed by atoms with Crippen molar-refractivity contribution in [3.05, 3.63) is 0 Å². The lowest BCUT2D eigenvalue weighted by Gasteiger charge is -2.15. The molecule has 0 aliphatic rings. The second-order valence-electron chi connectivity index (χ2n) is 3.42. The van der Waals surface area contributed by atoms with Crippen LogP contribution in [0.2, 0.25) is 0 Å². The van der Waals surface area contributed by atoms with Gasteiger partial charge >= 0.3 is 0 Å². The zero-order valence-electron chi connectivity index (χ0n) is 8.18. The second kappa shape index (κ2) is 6.99. The molecule has 0 rings (SSSR count). The minimum atomic E-state index is 0.803. The Hall–Kier alpha value is 0.310. The van der Waals surface area contributed by atoms with Gasteiger partial charge in [0.25, 0.3) is 0 Å². The smallest absolute Gasteiger partial charge is 0.00553 e. The minimum Gasteiger partial charge on any atom is -0.316 e. The molecule has 68 valence electrons. The molecule has 0 aliphatic heterocycles. The molecule has 1 atom stereocenters. The highest BCUT2D eigenvalue weighted by Gasteiger charge is 2.04. The summed E-state index contributed by atoms with van der Waals surface area (Å²) in [5, 5.41) is 3.45. The molecule has 2 heteroatoms. The van der Waals surface area contributed by atoms with Gasteiger partial charge in [0.1, 0.15) is 0 Å². The van der Waals surface area contributed by atoms with E-state index in [4.69, 9.17) is 0 Å². The lowest BCUT2D eigenvalue weighted by atomic mass is 9.98. The van der Waals surface area contributed by atoms with Gasteiger partial charge in [0, 0.05) is 12.3 Å². The molecule has 0 heterocycles. The van der Waals surface area contributed by atoms with Crippen molar-refractivity contribution in [2.45, 2.75) is 20.8 Å². The van der Waals surface area contributed by atoms with Gasteiger partial charge in [-0.2, -0.15) is 11.8 Å². The molecule has 0 amide bonds. The Morgan fingerprint density at radius 3 is 2.36 bits per heavy atom. The first-order valence-electron chi connectivity index (χ1n) is 4.38. The maximum atomic E-state index is 3.45. The largest absolute Gasteiger partial charge is 0.316 e. The van der Waals surface area contributed by atoms with Gasteiger partial charge in [-0.1, -0.05) is 20.8 Å². The highest BCUT2D eigenvalue weighted by molar-refractivity contribution is 7.98. The minimum absolute atomic E-state index is 0.803. The summed E-state index contributed by atoms with van der Waals surface area (Å²) >= 11 is 1.90. The van der Waals surface area contributed by atoms with Crippen molar-refractivity contribution >= 4 is 11.8 Å². The van der Waals surface area contributed by atoms with E-state index in [0.717, 1.165) is 24.9 Å². The fourth-order valence-corrected chi connectivity index (χ4v) is 1.09. The van der Waals surface area contributed by atoms with Gasteiger partial charge in [0.2, 0.25) is 0 Å². The van der Waals surface area contributed by atoms with E-state index < -0.39 is 0 Å². The predicted octanol–water partition coefficient (Wildman–Crippen LogP) is 2.23. The van der Waals surface area contributed by atoms with Crippen LogP contribution in [0.1, 0.15) is 20.8 Å². The molecular formula is C9H21NS. The van der Waals surface area contributed by atoms with Gasteiger partial charge in [0.05, 0.1) is 0 Å². The fourth-order valence-electron chi connectivity index (χ4n) is 0.740. The van der Waals surface area contributed by atoms with Gasteiger partial charge in [0.15, 0.2) is 0 Å². The van der Waals surface area contributed by atoms with Crippen LogP contribution < -0.4 is 5.32 Å². The van der Waals surface area contributed by atoms with E-state index in [9.17, 15) is 0 Å². The molecule has 0 aromatic heterocycles. The molecule has 0 saturated heterocycles. The van der Waals surface area contributed by atoms with Crippen molar-refractivity contribution in [3.63, 3.8) is 0 Å². The van der Waals surface area contributed by atoms with Gasteiger partial charge in [-0.05, 0) is 24.6 Å². The first kappa shape index (κ1) is 11.3. The monoisotopic (exact) mass is 175 g/mol. The first-order valence-corrected chi connectivity index (χ1v) is 5.77. The number of hydrogen-bond donors (Lipinski definition) is 1. The summed E-state index contributed by atoms with van der Waals surface area (Å²) in [6, 6.07) is 0. The average molecular weight is 175 g/mol. The predicted molar refractivity (Wildman–Crippen MR) is 55.3 cm³/mol. The number of nitrogens with one attached hydrogen (secondary N) is 1. The molecule has 1 unspecified atom stereocenters. The third-order valence-electron chi connectivity index (χ3n) is 2.09. The van der Waals surface area contributed by atoms with E-state index in [0.29, 0.717) is 0 Å². The van der Waals surface area contributed by atoms with Crippen molar-refractivity contribution in [1.29, 1.82) is 0 Å². The van der Waals surface area contributed by atoms with E-state index in [2.05, 4.69) is 32.3 Å². The molecule has 0 aromatic carbocycles. The Morgan fingerprint density at radius 1 is 1.27 bits per heavy atom. The summed E-state index contributed by atoms with van der Waals surface area (Å²) in [4.78, 5) is 0. The second-order valence-corrected chi connectivity index (χ2v) is 4.40. The Bertz CT molecular complexity index is 83.6. The molecule has 11 heavy (non-hydrogen) atoms. The molecule has 1 nitrogen and oxygen atoms in total. The Balaban J connectivity index is 3.10. The van der Waals surface area contributed by atoms with E-state index in [1.165, 1.54) is 5.75 Å². The van der Waals surface area contributed by atoms with Crippen LogP contribution in [0.4, 0.5) is 0 Å². The quantitative estimate of drug-likeness (QED) is 0.621. The van der Waals surface area contributed by atoms with Crippen LogP contribution in [-0.2, 0) is 0 Å². The Kier molecular flexibility index (Phi) is 7.18. The van der Waals surface area contributed by atoms with E-state index in [1.54, 1.807) is 0 Å². The van der Waals surface area contributed by atoms with Gasteiger partial charge < -0.3 is 5.32 Å². The summed E-state index contributed by atoms with van der Waals surface area (Å²) in [6.45, 7) is 9.18. The zero-order chi connectivity index (χ0) is 8.69. The third kappa shape index (κ3) is 6.70. The maximum absolute atomic E-state index is 3.45.